The zero-order valence-corrected chi connectivity index (χ0v) is 12.5. The first-order valence-electron chi connectivity index (χ1n) is 7.87. The number of nitrogens with zero attached hydrogens (tertiary/aromatic N) is 3. The van der Waals surface area contributed by atoms with E-state index in [9.17, 15) is 4.79 Å². The number of likely N-dealkylation sites (tertiary alicyclic amines) is 1. The van der Waals surface area contributed by atoms with Crippen LogP contribution in [0.3, 0.4) is 0 Å². The van der Waals surface area contributed by atoms with Crippen molar-refractivity contribution in [3.8, 4) is 0 Å². The van der Waals surface area contributed by atoms with Gasteiger partial charge in [0.2, 0.25) is 5.91 Å². The van der Waals surface area contributed by atoms with Gasteiger partial charge in [-0.15, -0.1) is 0 Å². The first kappa shape index (κ1) is 14.5. The van der Waals surface area contributed by atoms with Crippen LogP contribution in [0.5, 0.6) is 0 Å². The Morgan fingerprint density at radius 1 is 1.38 bits per heavy atom. The molecule has 2 fully saturated rings. The second kappa shape index (κ2) is 7.04. The lowest BCUT2D eigenvalue weighted by Crippen LogP contribution is -2.47. The van der Waals surface area contributed by atoms with E-state index in [-0.39, 0.29) is 5.91 Å². The zero-order valence-electron chi connectivity index (χ0n) is 12.5. The summed E-state index contributed by atoms with van der Waals surface area (Å²) < 4.78 is 5.33. The Kier molecular flexibility index (Phi) is 4.87. The van der Waals surface area contributed by atoms with Crippen LogP contribution in [0.2, 0.25) is 0 Å². The van der Waals surface area contributed by atoms with E-state index in [4.69, 9.17) is 4.74 Å². The number of carbonyl (C=O) groups excluding carboxylic acids is 1. The molecule has 0 unspecified atom stereocenters. The van der Waals surface area contributed by atoms with E-state index in [1.807, 2.05) is 11.0 Å². The Hall–Kier alpha value is -1.40. The number of ether oxygens (including phenoxy) is 1. The van der Waals surface area contributed by atoms with Crippen LogP contribution in [0.4, 0.5) is 0 Å². The SMILES string of the molecule is O=C(CN1CCOCC1)N1CCC[C@H](Cc2ccn[nH]2)C1. The molecule has 0 aliphatic carbocycles. The van der Waals surface area contributed by atoms with Gasteiger partial charge in [0.15, 0.2) is 0 Å². The minimum atomic E-state index is 0.270. The van der Waals surface area contributed by atoms with Crippen molar-refractivity contribution in [2.75, 3.05) is 45.9 Å². The van der Waals surface area contributed by atoms with Crippen molar-refractivity contribution in [1.82, 2.24) is 20.0 Å². The number of aromatic amines is 1. The third kappa shape index (κ3) is 4.04. The molecule has 1 atom stereocenters. The minimum absolute atomic E-state index is 0.270. The minimum Gasteiger partial charge on any atom is -0.379 e. The van der Waals surface area contributed by atoms with Gasteiger partial charge >= 0.3 is 0 Å². The van der Waals surface area contributed by atoms with Crippen molar-refractivity contribution < 1.29 is 9.53 Å². The first-order valence-corrected chi connectivity index (χ1v) is 7.87. The number of piperidine rings is 1. The molecular weight excluding hydrogens is 268 g/mol. The normalized spacial score (nSPS) is 24.2. The molecule has 1 N–H and O–H groups in total. The molecule has 0 saturated carbocycles. The van der Waals surface area contributed by atoms with Gasteiger partial charge in [0.25, 0.3) is 0 Å². The molecule has 2 aliphatic heterocycles. The van der Waals surface area contributed by atoms with Crippen LogP contribution >= 0.6 is 0 Å². The van der Waals surface area contributed by atoms with Crippen molar-refractivity contribution in [1.29, 1.82) is 0 Å². The maximum Gasteiger partial charge on any atom is 0.236 e. The lowest BCUT2D eigenvalue weighted by molar-refractivity contribution is -0.135. The third-order valence-corrected chi connectivity index (χ3v) is 4.40. The number of hydrogen-bond acceptors (Lipinski definition) is 4. The smallest absolute Gasteiger partial charge is 0.236 e. The van der Waals surface area contributed by atoms with Gasteiger partial charge in [0.05, 0.1) is 19.8 Å². The van der Waals surface area contributed by atoms with Gasteiger partial charge in [-0.25, -0.2) is 0 Å². The number of amides is 1. The number of aromatic nitrogens is 2. The molecular formula is C15H24N4O2. The molecule has 0 bridgehead atoms. The van der Waals surface area contributed by atoms with Crippen LogP contribution in [0.1, 0.15) is 18.5 Å². The summed E-state index contributed by atoms with van der Waals surface area (Å²) in [6.07, 6.45) is 5.08. The summed E-state index contributed by atoms with van der Waals surface area (Å²) >= 11 is 0. The fourth-order valence-electron chi connectivity index (χ4n) is 3.22. The summed E-state index contributed by atoms with van der Waals surface area (Å²) in [5, 5.41) is 7.01. The van der Waals surface area contributed by atoms with Gasteiger partial charge in [-0.2, -0.15) is 5.10 Å². The van der Waals surface area contributed by atoms with Crippen molar-refractivity contribution in [3.63, 3.8) is 0 Å². The summed E-state index contributed by atoms with van der Waals surface area (Å²) in [5.74, 6) is 0.819. The van der Waals surface area contributed by atoms with Crippen molar-refractivity contribution in [2.24, 2.45) is 5.92 Å². The highest BCUT2D eigenvalue weighted by Gasteiger charge is 2.25. The van der Waals surface area contributed by atoms with Gasteiger partial charge in [-0.05, 0) is 31.2 Å². The first-order chi connectivity index (χ1) is 10.3. The molecule has 3 rings (SSSR count). The summed E-state index contributed by atoms with van der Waals surface area (Å²) in [6, 6.07) is 2.02. The number of nitrogens with one attached hydrogen (secondary N) is 1. The highest BCUT2D eigenvalue weighted by atomic mass is 16.5. The van der Waals surface area contributed by atoms with E-state index >= 15 is 0 Å². The lowest BCUT2D eigenvalue weighted by Gasteiger charge is -2.35. The second-order valence-electron chi connectivity index (χ2n) is 6.02. The molecule has 3 heterocycles. The number of H-pyrrole nitrogens is 1. The summed E-state index contributed by atoms with van der Waals surface area (Å²) in [4.78, 5) is 16.7. The maximum absolute atomic E-state index is 12.4. The molecule has 2 saturated heterocycles. The van der Waals surface area contributed by atoms with Crippen LogP contribution in [0, 0.1) is 5.92 Å². The average molecular weight is 292 g/mol. The molecule has 6 heteroatoms. The summed E-state index contributed by atoms with van der Waals surface area (Å²) in [7, 11) is 0. The predicted molar refractivity (Wildman–Crippen MR) is 78.9 cm³/mol. The molecule has 6 nitrogen and oxygen atoms in total. The van der Waals surface area contributed by atoms with Crippen molar-refractivity contribution >= 4 is 5.91 Å². The standard InChI is InChI=1S/C15H24N4O2/c20-15(12-18-6-8-21-9-7-18)19-5-1-2-13(11-19)10-14-3-4-16-17-14/h3-4,13H,1-2,5-12H2,(H,16,17)/t13-/m1/s1. The van der Waals surface area contributed by atoms with E-state index in [1.54, 1.807) is 6.20 Å². The Morgan fingerprint density at radius 3 is 3.00 bits per heavy atom. The Labute approximate surface area is 125 Å². The van der Waals surface area contributed by atoms with Crippen LogP contribution < -0.4 is 0 Å². The van der Waals surface area contributed by atoms with Crippen LogP contribution in [0.15, 0.2) is 12.3 Å². The fourth-order valence-corrected chi connectivity index (χ4v) is 3.22. The second-order valence-corrected chi connectivity index (χ2v) is 6.02. The zero-order chi connectivity index (χ0) is 14.5. The van der Waals surface area contributed by atoms with Gasteiger partial charge in [-0.1, -0.05) is 0 Å². The molecule has 0 aromatic carbocycles. The van der Waals surface area contributed by atoms with E-state index in [2.05, 4.69) is 15.1 Å². The highest BCUT2D eigenvalue weighted by Crippen LogP contribution is 2.20. The van der Waals surface area contributed by atoms with Gasteiger partial charge in [0.1, 0.15) is 0 Å². The molecule has 0 spiro atoms. The fraction of sp³-hybridized carbons (Fsp3) is 0.733. The topological polar surface area (TPSA) is 61.5 Å². The Balaban J connectivity index is 1.49. The number of morpholine rings is 1. The molecule has 2 aliphatic rings. The number of hydrogen-bond donors (Lipinski definition) is 1. The lowest BCUT2D eigenvalue weighted by atomic mass is 9.93. The molecule has 116 valence electrons. The van der Waals surface area contributed by atoms with E-state index in [0.29, 0.717) is 12.5 Å². The number of rotatable bonds is 4. The molecule has 1 aromatic rings. The summed E-state index contributed by atoms with van der Waals surface area (Å²) in [5.41, 5.74) is 1.17. The highest BCUT2D eigenvalue weighted by molar-refractivity contribution is 5.78. The average Bonchev–Trinajstić information content (AvgIpc) is 3.01. The van der Waals surface area contributed by atoms with Gasteiger partial charge < -0.3 is 9.64 Å². The molecule has 1 aromatic heterocycles. The van der Waals surface area contributed by atoms with E-state index in [0.717, 1.165) is 52.2 Å². The van der Waals surface area contributed by atoms with Crippen LogP contribution in [-0.4, -0.2) is 71.8 Å². The van der Waals surface area contributed by atoms with Crippen molar-refractivity contribution in [2.45, 2.75) is 19.3 Å². The predicted octanol–water partition coefficient (Wildman–Crippen LogP) is 0.523. The number of carbonyl (C=O) groups is 1. The van der Waals surface area contributed by atoms with E-state index < -0.39 is 0 Å². The third-order valence-electron chi connectivity index (χ3n) is 4.40. The van der Waals surface area contributed by atoms with E-state index in [1.165, 1.54) is 12.1 Å². The quantitative estimate of drug-likeness (QED) is 0.879. The largest absolute Gasteiger partial charge is 0.379 e. The Bertz CT molecular complexity index is 443. The summed E-state index contributed by atoms with van der Waals surface area (Å²) in [6.45, 7) is 5.56. The molecule has 1 amide bonds. The van der Waals surface area contributed by atoms with Gasteiger partial charge in [-0.3, -0.25) is 14.8 Å². The van der Waals surface area contributed by atoms with Gasteiger partial charge in [0, 0.05) is 38.1 Å². The molecule has 0 radical (unpaired) electrons. The van der Waals surface area contributed by atoms with Crippen molar-refractivity contribution in [3.05, 3.63) is 18.0 Å². The Morgan fingerprint density at radius 2 is 2.24 bits per heavy atom. The molecule has 21 heavy (non-hydrogen) atoms. The van der Waals surface area contributed by atoms with Crippen LogP contribution in [0.25, 0.3) is 0 Å². The maximum atomic E-state index is 12.4. The monoisotopic (exact) mass is 292 g/mol. The van der Waals surface area contributed by atoms with Crippen LogP contribution in [-0.2, 0) is 16.0 Å².